The maximum atomic E-state index is 14.1. The summed E-state index contributed by atoms with van der Waals surface area (Å²) in [6, 6.07) is 32.4. The van der Waals surface area contributed by atoms with Crippen LogP contribution in [0.3, 0.4) is 0 Å². The van der Waals surface area contributed by atoms with E-state index in [2.05, 4.69) is 76.6 Å². The van der Waals surface area contributed by atoms with Crippen molar-refractivity contribution in [2.24, 2.45) is 0 Å². The Morgan fingerprint density at radius 2 is 1.68 bits per heavy atom. The van der Waals surface area contributed by atoms with Crippen LogP contribution in [0.4, 0.5) is 4.39 Å². The second-order valence-electron chi connectivity index (χ2n) is 11.8. The predicted octanol–water partition coefficient (Wildman–Crippen LogP) is 8.30. The van der Waals surface area contributed by atoms with Crippen LogP contribution in [-0.4, -0.2) is 30.6 Å². The molecule has 5 nitrogen and oxygen atoms in total. The number of nitrogens with one attached hydrogen (secondary N) is 1. The minimum atomic E-state index is -0.230. The van der Waals surface area contributed by atoms with Gasteiger partial charge in [-0.1, -0.05) is 48.5 Å². The van der Waals surface area contributed by atoms with E-state index in [1.165, 1.54) is 38.5 Å². The molecule has 0 aliphatic carbocycles. The van der Waals surface area contributed by atoms with Gasteiger partial charge in [-0.05, 0) is 100.0 Å². The second-order valence-corrected chi connectivity index (χ2v) is 11.8. The normalized spacial score (nSPS) is 17.6. The monoisotopic (exact) mass is 584 g/mol. The molecule has 2 unspecified atom stereocenters. The third-order valence-electron chi connectivity index (χ3n) is 9.37. The smallest absolute Gasteiger partial charge is 0.162 e. The van der Waals surface area contributed by atoms with Gasteiger partial charge in [-0.15, -0.1) is 0 Å². The van der Waals surface area contributed by atoms with Crippen molar-refractivity contribution >= 4 is 21.7 Å². The molecule has 220 valence electrons. The van der Waals surface area contributed by atoms with Crippen LogP contribution in [0.2, 0.25) is 0 Å². The average Bonchev–Trinajstić information content (AvgIpc) is 3.43. The van der Waals surface area contributed by atoms with Gasteiger partial charge in [-0.2, -0.15) is 0 Å². The van der Waals surface area contributed by atoms with Gasteiger partial charge in [0.05, 0.1) is 20.3 Å². The van der Waals surface area contributed by atoms with E-state index >= 15 is 0 Å². The summed E-state index contributed by atoms with van der Waals surface area (Å²) < 4.78 is 32.0. The van der Waals surface area contributed by atoms with Gasteiger partial charge in [-0.3, -0.25) is 4.90 Å². The van der Waals surface area contributed by atoms with Gasteiger partial charge in [0.25, 0.3) is 0 Å². The fourth-order valence-corrected chi connectivity index (χ4v) is 7.22. The molecule has 2 aliphatic heterocycles. The van der Waals surface area contributed by atoms with Crippen molar-refractivity contribution in [2.45, 2.75) is 31.5 Å². The number of H-pyrrole nitrogens is 1. The summed E-state index contributed by atoms with van der Waals surface area (Å²) in [6.07, 6.45) is 1.72. The number of benzene rings is 5. The number of hydrogen-bond donors (Lipinski definition) is 1. The Balaban J connectivity index is 1.21. The van der Waals surface area contributed by atoms with E-state index in [0.29, 0.717) is 6.61 Å². The molecular weight excluding hydrogens is 551 g/mol. The van der Waals surface area contributed by atoms with Crippen LogP contribution in [0.1, 0.15) is 45.6 Å². The summed E-state index contributed by atoms with van der Waals surface area (Å²) >= 11 is 0. The average molecular weight is 585 g/mol. The molecule has 6 heteroatoms. The van der Waals surface area contributed by atoms with Crippen molar-refractivity contribution in [3.8, 4) is 17.2 Å². The van der Waals surface area contributed by atoms with E-state index in [-0.39, 0.29) is 17.9 Å². The lowest BCUT2D eigenvalue weighted by atomic mass is 9.80. The molecule has 6 aromatic rings. The third kappa shape index (κ3) is 4.49. The highest BCUT2D eigenvalue weighted by molar-refractivity contribution is 5.87. The first kappa shape index (κ1) is 26.8. The maximum Gasteiger partial charge on any atom is 0.162 e. The van der Waals surface area contributed by atoms with E-state index in [1.807, 2.05) is 18.2 Å². The summed E-state index contributed by atoms with van der Waals surface area (Å²) in [5.41, 5.74) is 8.23. The molecule has 0 radical (unpaired) electrons. The van der Waals surface area contributed by atoms with Crippen LogP contribution in [0.25, 0.3) is 21.7 Å². The molecule has 1 N–H and O–H groups in total. The van der Waals surface area contributed by atoms with Crippen LogP contribution in [0, 0.1) is 5.82 Å². The van der Waals surface area contributed by atoms with Crippen LogP contribution in [0.15, 0.2) is 97.1 Å². The number of aromatic amines is 1. The molecule has 0 bridgehead atoms. The van der Waals surface area contributed by atoms with E-state index in [1.54, 1.807) is 26.4 Å². The highest BCUT2D eigenvalue weighted by Gasteiger charge is 2.41. The molecule has 0 amide bonds. The molecule has 5 aromatic carbocycles. The molecule has 0 saturated heterocycles. The fourth-order valence-electron chi connectivity index (χ4n) is 7.22. The van der Waals surface area contributed by atoms with Crippen LogP contribution in [-0.2, 0) is 19.4 Å². The van der Waals surface area contributed by atoms with Gasteiger partial charge in [-0.25, -0.2) is 4.39 Å². The molecule has 8 rings (SSSR count). The van der Waals surface area contributed by atoms with Crippen LogP contribution in [0.5, 0.6) is 17.2 Å². The zero-order valence-corrected chi connectivity index (χ0v) is 24.8. The van der Waals surface area contributed by atoms with Crippen LogP contribution >= 0.6 is 0 Å². The Morgan fingerprint density at radius 3 is 2.50 bits per heavy atom. The topological polar surface area (TPSA) is 46.7 Å². The highest BCUT2D eigenvalue weighted by atomic mass is 19.1. The molecule has 2 atom stereocenters. The molecular formula is C38H33FN2O3. The Morgan fingerprint density at radius 1 is 0.841 bits per heavy atom. The number of aromatic nitrogens is 1. The Bertz CT molecular complexity index is 2020. The largest absolute Gasteiger partial charge is 0.497 e. The lowest BCUT2D eigenvalue weighted by Gasteiger charge is -2.46. The van der Waals surface area contributed by atoms with Crippen molar-refractivity contribution in [3.63, 3.8) is 0 Å². The van der Waals surface area contributed by atoms with E-state index in [0.717, 1.165) is 53.3 Å². The standard InChI is InChI=1S/C38H33FN2O3/c1-42-29-13-14-33-31(19-29)32-20-34-30-21-36(44-22-23-7-8-24-5-3-4-6-26(24)17-23)35(43-2)18-27(30)15-16-41(34)38(37(32)40-33)25-9-11-28(39)12-10-25/h3-14,17-19,21,34,38,40H,15-16,20,22H2,1-2H3. The number of halogens is 1. The molecule has 0 saturated carbocycles. The van der Waals surface area contributed by atoms with E-state index < -0.39 is 0 Å². The first-order valence-corrected chi connectivity index (χ1v) is 15.1. The summed E-state index contributed by atoms with van der Waals surface area (Å²) in [6.45, 7) is 1.32. The minimum absolute atomic E-state index is 0.0417. The second kappa shape index (κ2) is 10.7. The summed E-state index contributed by atoms with van der Waals surface area (Å²) in [5.74, 6) is 2.10. The Kier molecular flexibility index (Phi) is 6.53. The minimum Gasteiger partial charge on any atom is -0.497 e. The predicted molar refractivity (Wildman–Crippen MR) is 171 cm³/mol. The molecule has 3 heterocycles. The van der Waals surface area contributed by atoms with E-state index in [9.17, 15) is 4.39 Å². The van der Waals surface area contributed by atoms with Gasteiger partial charge in [0.2, 0.25) is 0 Å². The van der Waals surface area contributed by atoms with Crippen molar-refractivity contribution in [1.82, 2.24) is 9.88 Å². The zero-order valence-electron chi connectivity index (χ0n) is 24.8. The molecule has 0 fully saturated rings. The van der Waals surface area contributed by atoms with Crippen LogP contribution < -0.4 is 14.2 Å². The zero-order chi connectivity index (χ0) is 29.8. The summed E-state index contributed by atoms with van der Waals surface area (Å²) in [4.78, 5) is 6.29. The SMILES string of the molecule is COc1ccc2[nH]c3c(c2c1)CC1c2cc(OCc4ccc5ccccc5c4)c(OC)cc2CCN1C3c1ccc(F)cc1. The van der Waals surface area contributed by atoms with Gasteiger partial charge in [0.1, 0.15) is 18.2 Å². The molecule has 0 spiro atoms. The quantitative estimate of drug-likeness (QED) is 0.214. The summed E-state index contributed by atoms with van der Waals surface area (Å²) in [5, 5.41) is 3.58. The van der Waals surface area contributed by atoms with Crippen molar-refractivity contribution in [3.05, 3.63) is 136 Å². The van der Waals surface area contributed by atoms with Crippen molar-refractivity contribution in [1.29, 1.82) is 0 Å². The van der Waals surface area contributed by atoms with Gasteiger partial charge in [0, 0.05) is 29.2 Å². The first-order chi connectivity index (χ1) is 21.6. The summed E-state index contributed by atoms with van der Waals surface area (Å²) in [7, 11) is 3.41. The fraction of sp³-hybridized carbons (Fsp3) is 0.211. The van der Waals surface area contributed by atoms with Gasteiger partial charge < -0.3 is 19.2 Å². The Hall–Kier alpha value is -4.81. The molecule has 2 aliphatic rings. The maximum absolute atomic E-state index is 14.1. The van der Waals surface area contributed by atoms with Gasteiger partial charge in [0.15, 0.2) is 11.5 Å². The highest BCUT2D eigenvalue weighted by Crippen LogP contribution is 2.50. The number of rotatable bonds is 6. The number of methoxy groups -OCH3 is 2. The number of ether oxygens (including phenoxy) is 3. The molecule has 1 aromatic heterocycles. The number of fused-ring (bicyclic) bond motifs is 7. The van der Waals surface area contributed by atoms with Gasteiger partial charge >= 0.3 is 0 Å². The Labute approximate surface area is 255 Å². The third-order valence-corrected chi connectivity index (χ3v) is 9.37. The molecule has 44 heavy (non-hydrogen) atoms. The first-order valence-electron chi connectivity index (χ1n) is 15.1. The number of nitrogens with zero attached hydrogens (tertiary/aromatic N) is 1. The lowest BCUT2D eigenvalue weighted by Crippen LogP contribution is -2.43. The number of hydrogen-bond acceptors (Lipinski definition) is 4. The van der Waals surface area contributed by atoms with Crippen molar-refractivity contribution < 1.29 is 18.6 Å². The van der Waals surface area contributed by atoms with E-state index in [4.69, 9.17) is 14.2 Å². The van der Waals surface area contributed by atoms with Crippen molar-refractivity contribution in [2.75, 3.05) is 20.8 Å². The lowest BCUT2D eigenvalue weighted by molar-refractivity contribution is 0.127.